The van der Waals surface area contributed by atoms with Crippen LogP contribution in [0.15, 0.2) is 0 Å². The summed E-state index contributed by atoms with van der Waals surface area (Å²) in [7, 11) is 0. The number of carbonyl (C=O) groups is 2. The summed E-state index contributed by atoms with van der Waals surface area (Å²) >= 11 is 1.64. The van der Waals surface area contributed by atoms with Crippen molar-refractivity contribution in [3.8, 4) is 0 Å². The van der Waals surface area contributed by atoms with Gasteiger partial charge in [0.15, 0.2) is 0 Å². The number of hydrogen-bond donors (Lipinski definition) is 3. The molecule has 1 fully saturated rings. The summed E-state index contributed by atoms with van der Waals surface area (Å²) in [6.45, 7) is 0. The molecule has 1 heterocycles. The number of nitrogens with one attached hydrogen (secondary N) is 1. The van der Waals surface area contributed by atoms with Crippen LogP contribution in [0.4, 0.5) is 0 Å². The zero-order valence-electron chi connectivity index (χ0n) is 8.44. The molecule has 0 aromatic rings. The lowest BCUT2D eigenvalue weighted by Gasteiger charge is -2.10. The van der Waals surface area contributed by atoms with Gasteiger partial charge in [-0.05, 0) is 18.6 Å². The summed E-state index contributed by atoms with van der Waals surface area (Å²) in [5.74, 6) is 0.727. The van der Waals surface area contributed by atoms with E-state index in [-0.39, 0.29) is 11.9 Å². The van der Waals surface area contributed by atoms with Crippen molar-refractivity contribution in [3.05, 3.63) is 0 Å². The van der Waals surface area contributed by atoms with Crippen LogP contribution in [0.3, 0.4) is 0 Å². The second-order valence-electron chi connectivity index (χ2n) is 3.61. The Morgan fingerprint density at radius 3 is 3.00 bits per heavy atom. The minimum absolute atomic E-state index is 0.114. The van der Waals surface area contributed by atoms with Gasteiger partial charge in [-0.25, -0.2) is 0 Å². The maximum atomic E-state index is 10.9. The van der Waals surface area contributed by atoms with Crippen LogP contribution >= 0.6 is 11.8 Å². The molecule has 1 saturated heterocycles. The highest BCUT2D eigenvalue weighted by Crippen LogP contribution is 2.13. The highest BCUT2D eigenvalue weighted by molar-refractivity contribution is 7.99. The molecule has 0 saturated carbocycles. The highest BCUT2D eigenvalue weighted by Gasteiger charge is 2.20. The van der Waals surface area contributed by atoms with Crippen LogP contribution < -0.4 is 11.1 Å². The molecule has 4 N–H and O–H groups in total. The zero-order chi connectivity index (χ0) is 11.3. The molecule has 0 bridgehead atoms. The molecule has 6 heteroatoms. The average Bonchev–Trinajstić information content (AvgIpc) is 2.58. The number of amides is 1. The van der Waals surface area contributed by atoms with Gasteiger partial charge >= 0.3 is 5.97 Å². The largest absolute Gasteiger partial charge is 0.480 e. The molecule has 5 nitrogen and oxygen atoms in total. The van der Waals surface area contributed by atoms with E-state index >= 15 is 0 Å². The quantitative estimate of drug-likeness (QED) is 0.552. The molecule has 1 unspecified atom stereocenters. The number of thioether (sulfide) groups is 1. The van der Waals surface area contributed by atoms with Crippen molar-refractivity contribution in [1.29, 1.82) is 0 Å². The predicted octanol–water partition coefficient (Wildman–Crippen LogP) is -0.200. The first-order valence-corrected chi connectivity index (χ1v) is 6.10. The molecule has 0 spiro atoms. The molecule has 1 aliphatic rings. The van der Waals surface area contributed by atoms with Gasteiger partial charge in [0.2, 0.25) is 5.91 Å². The Balaban J connectivity index is 2.02. The maximum Gasteiger partial charge on any atom is 0.320 e. The summed E-state index contributed by atoms with van der Waals surface area (Å²) in [5, 5.41) is 11.4. The molecule has 15 heavy (non-hydrogen) atoms. The van der Waals surface area contributed by atoms with Gasteiger partial charge in [-0.1, -0.05) is 0 Å². The lowest BCUT2D eigenvalue weighted by Crippen LogP contribution is -2.31. The number of hydrogen-bond acceptors (Lipinski definition) is 4. The van der Waals surface area contributed by atoms with Crippen LogP contribution in [0, 0.1) is 0 Å². The van der Waals surface area contributed by atoms with E-state index in [0.717, 1.165) is 17.9 Å². The minimum atomic E-state index is -0.954. The van der Waals surface area contributed by atoms with Crippen molar-refractivity contribution in [1.82, 2.24) is 5.32 Å². The third-order valence-corrected chi connectivity index (χ3v) is 3.46. The highest BCUT2D eigenvalue weighted by atomic mass is 32.2. The second kappa shape index (κ2) is 5.97. The second-order valence-corrected chi connectivity index (χ2v) is 4.76. The zero-order valence-corrected chi connectivity index (χ0v) is 9.26. The van der Waals surface area contributed by atoms with Crippen LogP contribution in [0.5, 0.6) is 0 Å². The smallest absolute Gasteiger partial charge is 0.320 e. The third kappa shape index (κ3) is 4.53. The van der Waals surface area contributed by atoms with Gasteiger partial charge in [0.05, 0.1) is 0 Å². The molecular weight excluding hydrogens is 216 g/mol. The number of carboxylic acid groups (broad SMARTS) is 1. The fourth-order valence-corrected chi connectivity index (χ4v) is 2.48. The van der Waals surface area contributed by atoms with Crippen molar-refractivity contribution in [2.75, 3.05) is 11.5 Å². The Morgan fingerprint density at radius 2 is 2.47 bits per heavy atom. The van der Waals surface area contributed by atoms with Crippen molar-refractivity contribution < 1.29 is 14.7 Å². The number of nitrogens with two attached hydrogens (primary N) is 1. The van der Waals surface area contributed by atoms with E-state index in [1.54, 1.807) is 11.8 Å². The van der Waals surface area contributed by atoms with E-state index in [2.05, 4.69) is 5.32 Å². The van der Waals surface area contributed by atoms with Gasteiger partial charge in [-0.15, -0.1) is 0 Å². The lowest BCUT2D eigenvalue weighted by molar-refractivity contribution is -0.138. The van der Waals surface area contributed by atoms with Crippen LogP contribution in [0.1, 0.15) is 19.3 Å². The van der Waals surface area contributed by atoms with Crippen molar-refractivity contribution >= 4 is 23.6 Å². The molecule has 0 aromatic carbocycles. The molecule has 2 atom stereocenters. The monoisotopic (exact) mass is 232 g/mol. The van der Waals surface area contributed by atoms with E-state index in [1.165, 1.54) is 0 Å². The number of rotatable bonds is 6. The normalized spacial score (nSPS) is 22.5. The van der Waals surface area contributed by atoms with Gasteiger partial charge in [0, 0.05) is 18.2 Å². The molecular formula is C9H16N2O3S. The summed E-state index contributed by atoms with van der Waals surface area (Å²) in [6.07, 6.45) is 1.97. The Bertz CT molecular complexity index is 248. The van der Waals surface area contributed by atoms with Crippen LogP contribution in [0.25, 0.3) is 0 Å². The lowest BCUT2D eigenvalue weighted by atomic mass is 10.2. The first-order valence-electron chi connectivity index (χ1n) is 4.95. The van der Waals surface area contributed by atoms with Gasteiger partial charge in [0.25, 0.3) is 0 Å². The molecule has 0 radical (unpaired) electrons. The third-order valence-electron chi connectivity index (χ3n) is 2.29. The number of aliphatic carboxylic acids is 1. The Labute approximate surface area is 92.8 Å². The summed E-state index contributed by atoms with van der Waals surface area (Å²) in [5.41, 5.74) is 5.35. The molecule has 0 aliphatic carbocycles. The fourth-order valence-electron chi connectivity index (χ4n) is 1.36. The van der Waals surface area contributed by atoms with E-state index in [4.69, 9.17) is 10.8 Å². The molecule has 0 aromatic heterocycles. The first-order chi connectivity index (χ1) is 7.09. The van der Waals surface area contributed by atoms with Gasteiger partial charge < -0.3 is 16.2 Å². The molecule has 1 amide bonds. The average molecular weight is 232 g/mol. The van der Waals surface area contributed by atoms with Gasteiger partial charge in [-0.2, -0.15) is 11.8 Å². The predicted molar refractivity (Wildman–Crippen MR) is 58.7 cm³/mol. The Kier molecular flexibility index (Phi) is 4.90. The number of carboxylic acids is 1. The van der Waals surface area contributed by atoms with Crippen LogP contribution in [0.2, 0.25) is 0 Å². The maximum absolute atomic E-state index is 10.9. The van der Waals surface area contributed by atoms with Crippen LogP contribution in [-0.4, -0.2) is 40.6 Å². The summed E-state index contributed by atoms with van der Waals surface area (Å²) < 4.78 is 0. The minimum Gasteiger partial charge on any atom is -0.480 e. The summed E-state index contributed by atoms with van der Waals surface area (Å²) in [4.78, 5) is 21.3. The summed E-state index contributed by atoms with van der Waals surface area (Å²) in [6, 6.07) is -0.515. The fraction of sp³-hybridized carbons (Fsp3) is 0.778. The molecule has 1 rings (SSSR count). The van der Waals surface area contributed by atoms with Gasteiger partial charge in [0.1, 0.15) is 6.04 Å². The van der Waals surface area contributed by atoms with Gasteiger partial charge in [-0.3, -0.25) is 9.59 Å². The number of carbonyl (C=O) groups excluding carboxylic acids is 1. The van der Waals surface area contributed by atoms with E-state index in [0.29, 0.717) is 12.8 Å². The Hall–Kier alpha value is -0.750. The van der Waals surface area contributed by atoms with Crippen molar-refractivity contribution in [3.63, 3.8) is 0 Å². The standard InChI is InChI=1S/C9H16N2O3S/c10-7(9(13)14)3-4-15-5-6-1-2-8(12)11-6/h6-7H,1-5,10H2,(H,11,12)(H,13,14)/t6-,7?/m0/s1. The molecule has 86 valence electrons. The van der Waals surface area contributed by atoms with E-state index < -0.39 is 12.0 Å². The van der Waals surface area contributed by atoms with Crippen molar-refractivity contribution in [2.24, 2.45) is 5.73 Å². The van der Waals surface area contributed by atoms with Crippen LogP contribution in [-0.2, 0) is 9.59 Å². The topological polar surface area (TPSA) is 92.4 Å². The van der Waals surface area contributed by atoms with E-state index in [9.17, 15) is 9.59 Å². The SMILES string of the molecule is NC(CCSC[C@@H]1CCC(=O)N1)C(=O)O. The Morgan fingerprint density at radius 1 is 1.73 bits per heavy atom. The first kappa shape index (κ1) is 12.3. The van der Waals surface area contributed by atoms with E-state index in [1.807, 2.05) is 0 Å². The molecule has 1 aliphatic heterocycles. The van der Waals surface area contributed by atoms with Crippen molar-refractivity contribution in [2.45, 2.75) is 31.3 Å².